The molecule has 23 heavy (non-hydrogen) atoms. The van der Waals surface area contributed by atoms with E-state index in [2.05, 4.69) is 17.9 Å². The van der Waals surface area contributed by atoms with E-state index in [0.717, 1.165) is 23.5 Å². The zero-order valence-corrected chi connectivity index (χ0v) is 14.6. The van der Waals surface area contributed by atoms with Crippen molar-refractivity contribution < 1.29 is 9.84 Å². The average molecular weight is 350 g/mol. The van der Waals surface area contributed by atoms with Crippen LogP contribution in [0.25, 0.3) is 0 Å². The molecule has 2 aromatic rings. The van der Waals surface area contributed by atoms with Crippen molar-refractivity contribution in [1.29, 1.82) is 0 Å². The molecule has 0 bridgehead atoms. The molecule has 0 amide bonds. The number of aryl methyl sites for hydroxylation is 1. The van der Waals surface area contributed by atoms with E-state index in [4.69, 9.17) is 27.2 Å². The van der Waals surface area contributed by atoms with Crippen LogP contribution in [0.5, 0.6) is 5.75 Å². The molecule has 1 aromatic heterocycles. The van der Waals surface area contributed by atoms with E-state index in [1.807, 2.05) is 25.1 Å². The maximum atomic E-state index is 9.16. The van der Waals surface area contributed by atoms with Crippen LogP contribution in [0.4, 0.5) is 0 Å². The van der Waals surface area contributed by atoms with E-state index in [1.54, 1.807) is 23.5 Å². The lowest BCUT2D eigenvalue weighted by atomic mass is 9.98. The van der Waals surface area contributed by atoms with Crippen molar-refractivity contribution in [2.24, 2.45) is 5.73 Å². The van der Waals surface area contributed by atoms with Crippen molar-refractivity contribution in [3.05, 3.63) is 51.2 Å². The molecule has 3 N–H and O–H groups in total. The van der Waals surface area contributed by atoms with E-state index < -0.39 is 5.54 Å². The molecular formula is C18H20ClNO2S. The Morgan fingerprint density at radius 3 is 2.70 bits per heavy atom. The third-order valence-electron chi connectivity index (χ3n) is 3.30. The Balaban J connectivity index is 1.81. The molecular weight excluding hydrogens is 330 g/mol. The summed E-state index contributed by atoms with van der Waals surface area (Å²) in [5.41, 5.74) is 5.41. The van der Waals surface area contributed by atoms with Gasteiger partial charge in [-0.05, 0) is 56.2 Å². The van der Waals surface area contributed by atoms with E-state index in [1.165, 1.54) is 4.88 Å². The second-order valence-electron chi connectivity index (χ2n) is 5.62. The molecule has 0 aliphatic rings. The molecule has 1 heterocycles. The van der Waals surface area contributed by atoms with Gasteiger partial charge in [0.2, 0.25) is 0 Å². The van der Waals surface area contributed by atoms with Crippen LogP contribution < -0.4 is 10.5 Å². The normalized spacial score (nSPS) is 13.0. The monoisotopic (exact) mass is 349 g/mol. The highest BCUT2D eigenvalue weighted by Gasteiger charge is 2.16. The number of nitrogens with two attached hydrogens (primary N) is 1. The van der Waals surface area contributed by atoms with Gasteiger partial charge in [-0.15, -0.1) is 11.3 Å². The van der Waals surface area contributed by atoms with Gasteiger partial charge in [-0.3, -0.25) is 0 Å². The minimum atomic E-state index is -0.526. The maximum Gasteiger partial charge on any atom is 0.149 e. The molecule has 122 valence electrons. The van der Waals surface area contributed by atoms with Gasteiger partial charge >= 0.3 is 0 Å². The fourth-order valence-corrected chi connectivity index (χ4v) is 2.85. The third kappa shape index (κ3) is 6.25. The van der Waals surface area contributed by atoms with Crippen LogP contribution in [-0.2, 0) is 6.42 Å². The zero-order valence-electron chi connectivity index (χ0n) is 13.0. The Kier molecular flexibility index (Phi) is 6.49. The molecule has 1 unspecified atom stereocenters. The molecule has 3 nitrogen and oxygen atoms in total. The van der Waals surface area contributed by atoms with Crippen LogP contribution in [0.15, 0.2) is 36.4 Å². The minimum absolute atomic E-state index is 0.00687. The molecule has 0 spiro atoms. The maximum absolute atomic E-state index is 9.16. The predicted octanol–water partition coefficient (Wildman–Crippen LogP) is 3.47. The van der Waals surface area contributed by atoms with Gasteiger partial charge in [-0.25, -0.2) is 0 Å². The number of benzene rings is 1. The van der Waals surface area contributed by atoms with Crippen molar-refractivity contribution in [3.63, 3.8) is 0 Å². The summed E-state index contributed by atoms with van der Waals surface area (Å²) in [4.78, 5) is 2.22. The first-order valence-corrected chi connectivity index (χ1v) is 8.54. The van der Waals surface area contributed by atoms with E-state index in [0.29, 0.717) is 11.6 Å². The standard InChI is InChI=1S/C18H20ClNO2S/c1-18(20,13-21)11-10-17-9-8-16(23-17)3-2-12-22-15-6-4-14(19)5-7-15/h4-9,21H,10-13,20H2,1H3. The molecule has 0 fully saturated rings. The predicted molar refractivity (Wildman–Crippen MR) is 96.1 cm³/mol. The van der Waals surface area contributed by atoms with Crippen molar-refractivity contribution in [2.75, 3.05) is 13.2 Å². The van der Waals surface area contributed by atoms with Gasteiger partial charge < -0.3 is 15.6 Å². The summed E-state index contributed by atoms with van der Waals surface area (Å²) < 4.78 is 5.52. The van der Waals surface area contributed by atoms with Crippen molar-refractivity contribution >= 4 is 22.9 Å². The molecule has 1 atom stereocenters. The quantitative estimate of drug-likeness (QED) is 0.785. The Hall–Kier alpha value is -1.51. The van der Waals surface area contributed by atoms with E-state index in [9.17, 15) is 0 Å². The smallest absolute Gasteiger partial charge is 0.149 e. The lowest BCUT2D eigenvalue weighted by Gasteiger charge is -2.20. The number of aliphatic hydroxyl groups is 1. The summed E-state index contributed by atoms with van der Waals surface area (Å²) in [5, 5.41) is 9.85. The van der Waals surface area contributed by atoms with Gasteiger partial charge in [-0.1, -0.05) is 23.4 Å². The molecule has 0 aliphatic carbocycles. The number of rotatable bonds is 6. The summed E-state index contributed by atoms with van der Waals surface area (Å²) >= 11 is 7.46. The highest BCUT2D eigenvalue weighted by molar-refractivity contribution is 7.12. The second kappa shape index (κ2) is 8.37. The third-order valence-corrected chi connectivity index (χ3v) is 4.61. The second-order valence-corrected chi connectivity index (χ2v) is 7.23. The number of hydrogen-bond donors (Lipinski definition) is 2. The summed E-state index contributed by atoms with van der Waals surface area (Å²) in [6, 6.07) is 11.3. The zero-order chi connectivity index (χ0) is 16.7. The Bertz CT molecular complexity index is 683. The summed E-state index contributed by atoms with van der Waals surface area (Å²) in [7, 11) is 0. The Labute approximate surface area is 146 Å². The molecule has 5 heteroatoms. The lowest BCUT2D eigenvalue weighted by molar-refractivity contribution is 0.201. The van der Waals surface area contributed by atoms with Crippen LogP contribution >= 0.6 is 22.9 Å². The first-order valence-electron chi connectivity index (χ1n) is 7.34. The van der Waals surface area contributed by atoms with Crippen LogP contribution in [0.3, 0.4) is 0 Å². The van der Waals surface area contributed by atoms with Crippen molar-refractivity contribution in [3.8, 4) is 17.6 Å². The fourth-order valence-electron chi connectivity index (χ4n) is 1.84. The Morgan fingerprint density at radius 1 is 1.26 bits per heavy atom. The number of aliphatic hydroxyl groups excluding tert-OH is 1. The van der Waals surface area contributed by atoms with Crippen LogP contribution in [0.1, 0.15) is 23.1 Å². The van der Waals surface area contributed by atoms with Gasteiger partial charge in [0.05, 0.1) is 11.5 Å². The number of halogens is 1. The number of thiophene rings is 1. The van der Waals surface area contributed by atoms with E-state index in [-0.39, 0.29) is 6.61 Å². The molecule has 0 aliphatic heterocycles. The topological polar surface area (TPSA) is 55.5 Å². The largest absolute Gasteiger partial charge is 0.481 e. The van der Waals surface area contributed by atoms with E-state index >= 15 is 0 Å². The molecule has 2 rings (SSSR count). The number of ether oxygens (including phenoxy) is 1. The fraction of sp³-hybridized carbons (Fsp3) is 0.333. The molecule has 0 saturated heterocycles. The Morgan fingerprint density at radius 2 is 2.00 bits per heavy atom. The summed E-state index contributed by atoms with van der Waals surface area (Å²) in [6.07, 6.45) is 1.59. The SMILES string of the molecule is CC(N)(CO)CCc1ccc(C#CCOc2ccc(Cl)cc2)s1. The summed E-state index contributed by atoms with van der Waals surface area (Å²) in [5.74, 6) is 6.85. The molecule has 0 saturated carbocycles. The van der Waals surface area contributed by atoms with Crippen LogP contribution in [0, 0.1) is 11.8 Å². The lowest BCUT2D eigenvalue weighted by Crippen LogP contribution is -2.40. The molecule has 0 radical (unpaired) electrons. The van der Waals surface area contributed by atoms with Gasteiger partial charge in [0.15, 0.2) is 0 Å². The highest BCUT2D eigenvalue weighted by atomic mass is 35.5. The first kappa shape index (κ1) is 17.8. The van der Waals surface area contributed by atoms with Gasteiger partial charge in [-0.2, -0.15) is 0 Å². The molecule has 1 aromatic carbocycles. The number of hydrogen-bond acceptors (Lipinski definition) is 4. The van der Waals surface area contributed by atoms with Crippen LogP contribution in [0.2, 0.25) is 5.02 Å². The van der Waals surface area contributed by atoms with Gasteiger partial charge in [0, 0.05) is 15.4 Å². The van der Waals surface area contributed by atoms with Gasteiger partial charge in [0.25, 0.3) is 0 Å². The summed E-state index contributed by atoms with van der Waals surface area (Å²) in [6.45, 7) is 2.18. The highest BCUT2D eigenvalue weighted by Crippen LogP contribution is 2.20. The van der Waals surface area contributed by atoms with Crippen molar-refractivity contribution in [1.82, 2.24) is 0 Å². The average Bonchev–Trinajstić information content (AvgIpc) is 2.99. The van der Waals surface area contributed by atoms with Crippen molar-refractivity contribution in [2.45, 2.75) is 25.3 Å². The van der Waals surface area contributed by atoms with Gasteiger partial charge in [0.1, 0.15) is 12.4 Å². The minimum Gasteiger partial charge on any atom is -0.481 e. The van der Waals surface area contributed by atoms with Crippen LogP contribution in [-0.4, -0.2) is 23.9 Å². The first-order chi connectivity index (χ1) is 11.0.